The van der Waals surface area contributed by atoms with E-state index in [1.54, 1.807) is 31.2 Å². The summed E-state index contributed by atoms with van der Waals surface area (Å²) in [5.41, 5.74) is 1.97. The summed E-state index contributed by atoms with van der Waals surface area (Å²) in [4.78, 5) is 35.7. The predicted molar refractivity (Wildman–Crippen MR) is 113 cm³/mol. The number of benzene rings is 2. The number of Topliss-reactive ketones (excluding diaryl/α,β-unsaturated/α-hetero) is 1. The highest BCUT2D eigenvalue weighted by Crippen LogP contribution is 2.22. The number of hydrogen-bond donors (Lipinski definition) is 1. The normalized spacial score (nSPS) is 11.5. The van der Waals surface area contributed by atoms with Gasteiger partial charge < -0.3 is 14.5 Å². The number of amides is 1. The number of ether oxygens (including phenoxy) is 1. The summed E-state index contributed by atoms with van der Waals surface area (Å²) in [6, 6.07) is 19.8. The van der Waals surface area contributed by atoms with Gasteiger partial charge in [0.2, 0.25) is 11.7 Å². The van der Waals surface area contributed by atoms with Crippen LogP contribution in [0.1, 0.15) is 36.4 Å². The molecule has 0 aliphatic carbocycles. The maximum Gasteiger partial charge on any atom is 0.306 e. The molecular weight excluding hydrogens is 382 g/mol. The number of nitrogens with one attached hydrogen (secondary N) is 1. The van der Waals surface area contributed by atoms with E-state index in [1.807, 2.05) is 42.5 Å². The average Bonchev–Trinajstić information content (AvgIpc) is 3.21. The molecule has 0 aliphatic heterocycles. The Bertz CT molecular complexity index is 1020. The highest BCUT2D eigenvalue weighted by molar-refractivity contribution is 6.00. The molecule has 2 aromatic carbocycles. The van der Waals surface area contributed by atoms with Crippen LogP contribution >= 0.6 is 0 Å². The van der Waals surface area contributed by atoms with Gasteiger partial charge in [0.25, 0.3) is 0 Å². The van der Waals surface area contributed by atoms with Crippen LogP contribution in [0.25, 0.3) is 11.3 Å². The molecule has 0 radical (unpaired) electrons. The van der Waals surface area contributed by atoms with Gasteiger partial charge in [-0.1, -0.05) is 30.3 Å². The van der Waals surface area contributed by atoms with Crippen molar-refractivity contribution in [2.75, 3.05) is 5.32 Å². The predicted octanol–water partition coefficient (Wildman–Crippen LogP) is 4.65. The minimum absolute atomic E-state index is 0.112. The van der Waals surface area contributed by atoms with E-state index in [0.29, 0.717) is 23.4 Å². The van der Waals surface area contributed by atoms with Gasteiger partial charge in [0.15, 0.2) is 6.10 Å². The van der Waals surface area contributed by atoms with E-state index < -0.39 is 12.1 Å². The van der Waals surface area contributed by atoms with Gasteiger partial charge >= 0.3 is 5.97 Å². The molecule has 1 unspecified atom stereocenters. The van der Waals surface area contributed by atoms with Crippen molar-refractivity contribution >= 4 is 23.3 Å². The number of rotatable bonds is 8. The van der Waals surface area contributed by atoms with Crippen molar-refractivity contribution in [2.24, 2.45) is 0 Å². The number of hydrogen-bond acceptors (Lipinski definition) is 5. The molecule has 0 bridgehead atoms. The summed E-state index contributed by atoms with van der Waals surface area (Å²) in [6.45, 7) is 2.95. The van der Waals surface area contributed by atoms with Gasteiger partial charge in [-0.25, -0.2) is 0 Å². The fourth-order valence-electron chi connectivity index (χ4n) is 2.96. The third-order valence-electron chi connectivity index (χ3n) is 4.46. The van der Waals surface area contributed by atoms with Crippen molar-refractivity contribution in [2.45, 2.75) is 32.8 Å². The lowest BCUT2D eigenvalue weighted by Gasteiger charge is -2.12. The Morgan fingerprint density at radius 1 is 0.967 bits per heavy atom. The molecule has 1 aromatic heterocycles. The Morgan fingerprint density at radius 2 is 1.67 bits per heavy atom. The quantitative estimate of drug-likeness (QED) is 0.435. The van der Waals surface area contributed by atoms with Crippen LogP contribution in [-0.4, -0.2) is 23.8 Å². The number of carbonyl (C=O) groups excluding carboxylic acids is 3. The number of ketones is 1. The fourth-order valence-corrected chi connectivity index (χ4v) is 2.96. The first-order chi connectivity index (χ1) is 14.4. The van der Waals surface area contributed by atoms with Crippen LogP contribution in [0.15, 0.2) is 71.1 Å². The van der Waals surface area contributed by atoms with E-state index in [0.717, 1.165) is 11.3 Å². The molecule has 3 rings (SSSR count). The Kier molecular flexibility index (Phi) is 6.80. The number of carbonyl (C=O) groups is 3. The van der Waals surface area contributed by atoms with Gasteiger partial charge in [-0.3, -0.25) is 14.4 Å². The molecule has 6 nitrogen and oxygen atoms in total. The van der Waals surface area contributed by atoms with Crippen molar-refractivity contribution in [1.29, 1.82) is 0 Å². The van der Waals surface area contributed by atoms with Crippen molar-refractivity contribution in [3.63, 3.8) is 0 Å². The third-order valence-corrected chi connectivity index (χ3v) is 4.46. The molecule has 0 spiro atoms. The number of esters is 1. The van der Waals surface area contributed by atoms with E-state index in [1.165, 1.54) is 6.92 Å². The van der Waals surface area contributed by atoms with Crippen LogP contribution in [-0.2, 0) is 20.7 Å². The molecular formula is C24H23NO5. The van der Waals surface area contributed by atoms with Crippen LogP contribution in [0.3, 0.4) is 0 Å². The Balaban J connectivity index is 1.50. The molecule has 0 aliphatic rings. The van der Waals surface area contributed by atoms with Crippen LogP contribution in [0.2, 0.25) is 0 Å². The summed E-state index contributed by atoms with van der Waals surface area (Å²) in [6.07, 6.45) is -0.403. The van der Waals surface area contributed by atoms with Crippen LogP contribution in [0.5, 0.6) is 0 Å². The van der Waals surface area contributed by atoms with Crippen LogP contribution in [0.4, 0.5) is 5.69 Å². The highest BCUT2D eigenvalue weighted by atomic mass is 16.5. The molecule has 30 heavy (non-hydrogen) atoms. The molecule has 1 amide bonds. The zero-order valence-electron chi connectivity index (χ0n) is 16.9. The first kappa shape index (κ1) is 21.0. The first-order valence-electron chi connectivity index (χ1n) is 9.68. The minimum Gasteiger partial charge on any atom is -0.461 e. The topological polar surface area (TPSA) is 85.6 Å². The lowest BCUT2D eigenvalue weighted by atomic mass is 10.1. The largest absolute Gasteiger partial charge is 0.461 e. The van der Waals surface area contributed by atoms with Gasteiger partial charge in [-0.05, 0) is 43.3 Å². The molecule has 154 valence electrons. The maximum absolute atomic E-state index is 12.5. The molecule has 1 heterocycles. The number of aryl methyl sites for hydroxylation is 1. The van der Waals surface area contributed by atoms with Crippen LogP contribution < -0.4 is 5.32 Å². The van der Waals surface area contributed by atoms with Crippen molar-refractivity contribution < 1.29 is 23.5 Å². The second-order valence-corrected chi connectivity index (χ2v) is 6.89. The molecule has 6 heteroatoms. The molecule has 1 N–H and O–H groups in total. The lowest BCUT2D eigenvalue weighted by molar-refractivity contribution is -0.146. The van der Waals surface area contributed by atoms with Crippen molar-refractivity contribution in [3.05, 3.63) is 78.1 Å². The zero-order valence-corrected chi connectivity index (χ0v) is 16.9. The number of anilines is 1. The summed E-state index contributed by atoms with van der Waals surface area (Å²) >= 11 is 0. The van der Waals surface area contributed by atoms with Crippen LogP contribution in [0, 0.1) is 0 Å². The second kappa shape index (κ2) is 9.69. The maximum atomic E-state index is 12.5. The summed E-state index contributed by atoms with van der Waals surface area (Å²) in [5, 5.41) is 2.63. The third kappa shape index (κ3) is 5.67. The summed E-state index contributed by atoms with van der Waals surface area (Å²) in [5.74, 6) is 0.456. The molecule has 1 atom stereocenters. The smallest absolute Gasteiger partial charge is 0.306 e. The van der Waals surface area contributed by atoms with E-state index in [-0.39, 0.29) is 18.1 Å². The van der Waals surface area contributed by atoms with Gasteiger partial charge in [0.05, 0.1) is 6.42 Å². The standard InChI is InChI=1S/C24H23NO5/c1-16(24(28)19-8-10-20(11-9-19)25-17(2)26)29-23(27)15-13-21-12-14-22(30-21)18-6-4-3-5-7-18/h3-12,14,16H,13,15H2,1-2H3,(H,25,26). The Morgan fingerprint density at radius 3 is 2.33 bits per heavy atom. The highest BCUT2D eigenvalue weighted by Gasteiger charge is 2.20. The molecule has 0 saturated carbocycles. The van der Waals surface area contributed by atoms with E-state index in [4.69, 9.17) is 9.15 Å². The van der Waals surface area contributed by atoms with E-state index in [2.05, 4.69) is 5.32 Å². The zero-order chi connectivity index (χ0) is 21.5. The fraction of sp³-hybridized carbons (Fsp3) is 0.208. The lowest BCUT2D eigenvalue weighted by Crippen LogP contribution is -2.24. The second-order valence-electron chi connectivity index (χ2n) is 6.89. The van der Waals surface area contributed by atoms with Gasteiger partial charge in [-0.2, -0.15) is 0 Å². The molecule has 3 aromatic rings. The average molecular weight is 405 g/mol. The monoisotopic (exact) mass is 405 g/mol. The van der Waals surface area contributed by atoms with Crippen molar-refractivity contribution in [1.82, 2.24) is 0 Å². The molecule has 0 saturated heterocycles. The van der Waals surface area contributed by atoms with Gasteiger partial charge in [-0.15, -0.1) is 0 Å². The Hall–Kier alpha value is -3.67. The Labute approximate surface area is 174 Å². The number of furan rings is 1. The first-order valence-corrected chi connectivity index (χ1v) is 9.68. The summed E-state index contributed by atoms with van der Waals surface area (Å²) < 4.78 is 11.1. The van der Waals surface area contributed by atoms with Gasteiger partial charge in [0, 0.05) is 30.2 Å². The van der Waals surface area contributed by atoms with Crippen molar-refractivity contribution in [3.8, 4) is 11.3 Å². The van der Waals surface area contributed by atoms with E-state index in [9.17, 15) is 14.4 Å². The van der Waals surface area contributed by atoms with E-state index >= 15 is 0 Å². The van der Waals surface area contributed by atoms with Gasteiger partial charge in [0.1, 0.15) is 11.5 Å². The molecule has 0 fully saturated rings. The summed E-state index contributed by atoms with van der Waals surface area (Å²) in [7, 11) is 0. The SMILES string of the molecule is CC(=O)Nc1ccc(C(=O)C(C)OC(=O)CCc2ccc(-c3ccccc3)o2)cc1. The minimum atomic E-state index is -0.902.